The highest BCUT2D eigenvalue weighted by Gasteiger charge is 2.69. The van der Waals surface area contributed by atoms with E-state index in [1.54, 1.807) is 13.8 Å². The van der Waals surface area contributed by atoms with Crippen LogP contribution in [0.4, 0.5) is 0 Å². The van der Waals surface area contributed by atoms with Gasteiger partial charge in [-0.3, -0.25) is 48.2 Å². The number of piperidine rings is 6. The summed E-state index contributed by atoms with van der Waals surface area (Å²) in [6.45, 7) is 57.4. The molecule has 0 aromatic rings. The normalized spacial score (nSPS) is 23.3. The minimum Gasteiger partial charge on any atom is -0.465 e. The molecular weight excluding hydrogens is 1520 g/mol. The fourth-order valence-corrected chi connectivity index (χ4v) is 22.2. The third-order valence-electron chi connectivity index (χ3n) is 27.1. The zero-order chi connectivity index (χ0) is 90.7. The molecular formula is C98H178N6O16. The van der Waals surface area contributed by atoms with Crippen molar-refractivity contribution in [3.63, 3.8) is 0 Å². The number of rotatable bonds is 42. The Balaban J connectivity index is 0.000000430. The summed E-state index contributed by atoms with van der Waals surface area (Å²) in [6, 6.07) is 0. The molecule has 2 unspecified atom stereocenters. The van der Waals surface area contributed by atoms with Gasteiger partial charge in [0.1, 0.15) is 36.6 Å². The molecule has 6 saturated heterocycles. The van der Waals surface area contributed by atoms with Crippen LogP contribution in [0.25, 0.3) is 0 Å². The van der Waals surface area contributed by atoms with Crippen LogP contribution in [0.15, 0.2) is 0 Å². The van der Waals surface area contributed by atoms with E-state index in [2.05, 4.69) is 142 Å². The molecule has 0 aromatic carbocycles. The molecule has 6 heterocycles. The maximum Gasteiger partial charge on any atom is 0.336 e. The molecule has 696 valence electrons. The molecule has 6 aliphatic rings. The van der Waals surface area contributed by atoms with Gasteiger partial charge >= 0.3 is 47.8 Å². The van der Waals surface area contributed by atoms with Gasteiger partial charge in [0.2, 0.25) is 0 Å². The van der Waals surface area contributed by atoms with Gasteiger partial charge in [0, 0.05) is 144 Å². The van der Waals surface area contributed by atoms with E-state index in [0.717, 1.165) is 38.5 Å². The predicted molar refractivity (Wildman–Crippen MR) is 479 cm³/mol. The first-order valence-electron chi connectivity index (χ1n) is 47.5. The van der Waals surface area contributed by atoms with Crippen LogP contribution in [0.3, 0.4) is 0 Å². The fourth-order valence-electron chi connectivity index (χ4n) is 22.2. The molecule has 4 N–H and O–H groups in total. The molecule has 6 rings (SSSR count). The van der Waals surface area contributed by atoms with Gasteiger partial charge in [0.15, 0.2) is 0 Å². The third kappa shape index (κ3) is 30.9. The van der Waals surface area contributed by atoms with E-state index in [-0.39, 0.29) is 59.3 Å². The number of esters is 8. The Labute approximate surface area is 729 Å². The van der Waals surface area contributed by atoms with Crippen molar-refractivity contribution in [2.24, 2.45) is 22.7 Å². The summed E-state index contributed by atoms with van der Waals surface area (Å²) < 4.78 is 50.1. The van der Waals surface area contributed by atoms with Gasteiger partial charge in [0.25, 0.3) is 10.8 Å². The first-order chi connectivity index (χ1) is 55.2. The van der Waals surface area contributed by atoms with Crippen molar-refractivity contribution in [1.29, 1.82) is 0 Å². The van der Waals surface area contributed by atoms with E-state index < -0.39 is 140 Å². The molecule has 0 saturated carbocycles. The zero-order valence-corrected chi connectivity index (χ0v) is 81.9. The van der Waals surface area contributed by atoms with Crippen molar-refractivity contribution in [2.75, 3.05) is 27.3 Å². The van der Waals surface area contributed by atoms with Crippen LogP contribution in [0.2, 0.25) is 0 Å². The van der Waals surface area contributed by atoms with Gasteiger partial charge in [-0.05, 0) is 206 Å². The van der Waals surface area contributed by atoms with E-state index in [1.807, 2.05) is 83.1 Å². The Kier molecular flexibility index (Phi) is 38.7. The van der Waals surface area contributed by atoms with E-state index in [4.69, 9.17) is 37.9 Å². The molecule has 0 radical (unpaired) electrons. The average molecular weight is 1700 g/mol. The largest absolute Gasteiger partial charge is 0.465 e. The minimum absolute atomic E-state index is 0.0188. The van der Waals surface area contributed by atoms with Crippen molar-refractivity contribution >= 4 is 47.8 Å². The van der Waals surface area contributed by atoms with Crippen molar-refractivity contribution in [1.82, 2.24) is 31.1 Å². The Morgan fingerprint density at radius 1 is 0.267 bits per heavy atom. The van der Waals surface area contributed by atoms with E-state index in [9.17, 15) is 14.4 Å². The molecule has 0 aliphatic carbocycles. The van der Waals surface area contributed by atoms with Crippen LogP contribution in [0.5, 0.6) is 0 Å². The van der Waals surface area contributed by atoms with Crippen LogP contribution < -0.4 is 21.3 Å². The zero-order valence-electron chi connectivity index (χ0n) is 81.9. The van der Waals surface area contributed by atoms with Crippen molar-refractivity contribution in [2.45, 2.75) is 528 Å². The summed E-state index contributed by atoms with van der Waals surface area (Å²) in [4.78, 5) is 125. The third-order valence-corrected chi connectivity index (χ3v) is 27.1. The molecule has 22 heteroatoms. The number of nitrogens with one attached hydrogen (secondary N) is 4. The van der Waals surface area contributed by atoms with Crippen LogP contribution in [0.1, 0.15) is 425 Å². The molecule has 0 bridgehead atoms. The maximum absolute atomic E-state index is 15.3. The highest BCUT2D eigenvalue weighted by molar-refractivity contribution is 6.21. The predicted octanol–water partition coefficient (Wildman–Crippen LogP) is 19.5. The van der Waals surface area contributed by atoms with Crippen molar-refractivity contribution in [3.05, 3.63) is 0 Å². The van der Waals surface area contributed by atoms with E-state index >= 15 is 24.0 Å². The number of carbonyl (C=O) groups is 8. The van der Waals surface area contributed by atoms with Gasteiger partial charge in [-0.1, -0.05) is 156 Å². The second-order valence-electron chi connectivity index (χ2n) is 45.5. The van der Waals surface area contributed by atoms with Crippen LogP contribution in [0, 0.1) is 22.7 Å². The van der Waals surface area contributed by atoms with Crippen molar-refractivity contribution < 1.29 is 76.3 Å². The number of hydrogen-bond acceptors (Lipinski definition) is 22. The SMILES string of the molecule is CCC(C(=O)OC1CC(C)(C)NC(C)(C)C1)C(C(=O)OC1CC(C)(C)NC(C)(C)C1)(C(=O)OC1CC(C)(C)NC(C)(C)C1)C(=O)OC1CC(C)(C)NC(C)(C)C1.CCCCCCCCCCCCCOC(=O)C(CC)C(C(=O)OCCCCCCCCCCCCC)(C(=O)OC1CC(C)(C)N(C)C(C)(C)C1)C(=O)OC1CC(C)(C)N(C)C(C)(C)C1. The number of ether oxygens (including phenoxy) is 8. The summed E-state index contributed by atoms with van der Waals surface area (Å²) in [7, 11) is 4.13. The van der Waals surface area contributed by atoms with Crippen LogP contribution >= 0.6 is 0 Å². The van der Waals surface area contributed by atoms with Crippen LogP contribution in [-0.2, 0) is 76.3 Å². The molecule has 0 amide bonds. The van der Waals surface area contributed by atoms with Crippen molar-refractivity contribution in [3.8, 4) is 0 Å². The van der Waals surface area contributed by atoms with E-state index in [1.165, 1.54) is 89.9 Å². The summed E-state index contributed by atoms with van der Waals surface area (Å²) >= 11 is 0. The first kappa shape index (κ1) is 106. The standard InChI is InChI=1S/C54H100N2O8.C44H78N4O8/c1-14-17-19-21-23-25-27-29-31-33-35-37-61-46(57)45(16-3)54(48(59)63-43-39-50(4,5)55(12)51(6,7)40-43,49(60)64-44-41-52(8,9)56(13)53(10,11)42-44)47(58)62-38-36-34-32-30-28-26-24-22-20-18-15-2;1-18-31(32(49)53-27-19-36(2,3)45-37(4,5)20-27)44(33(50)54-28-21-38(6,7)46-39(8,9)22-28,34(51)55-29-23-40(10,11)47-41(12,13)24-29)35(52)56-30-25-42(14,15)48-43(16,17)26-30/h43-45H,14-42H2,1-13H3;27-31,45-48H,18-26H2,1-17H3. The topological polar surface area (TPSA) is 265 Å². The summed E-state index contributed by atoms with van der Waals surface area (Å²) in [5, 5.41) is 14.4. The molecule has 2 atom stereocenters. The molecule has 120 heavy (non-hydrogen) atoms. The summed E-state index contributed by atoms with van der Waals surface area (Å²) in [6.07, 6.45) is 26.7. The highest BCUT2D eigenvalue weighted by Crippen LogP contribution is 2.48. The lowest BCUT2D eigenvalue weighted by atomic mass is 9.72. The summed E-state index contributed by atoms with van der Waals surface area (Å²) in [5.74, 6) is -11.3. The second kappa shape index (κ2) is 43.8. The van der Waals surface area contributed by atoms with E-state index in [0.29, 0.717) is 89.9 Å². The number of carbonyl (C=O) groups excluding carboxylic acids is 8. The quantitative estimate of drug-likeness (QED) is 0.0191. The number of likely N-dealkylation sites (tertiary alicyclic amines) is 2. The van der Waals surface area contributed by atoms with Gasteiger partial charge in [-0.15, -0.1) is 0 Å². The number of nitrogens with zero attached hydrogens (tertiary/aromatic N) is 2. The Bertz CT molecular complexity index is 3010. The molecule has 0 spiro atoms. The number of unbranched alkanes of at least 4 members (excludes halogenated alkanes) is 20. The lowest BCUT2D eigenvalue weighted by Gasteiger charge is -2.53. The molecule has 0 aromatic heterocycles. The second-order valence-corrected chi connectivity index (χ2v) is 45.5. The van der Waals surface area contributed by atoms with Gasteiger partial charge in [-0.25, -0.2) is 0 Å². The van der Waals surface area contributed by atoms with Gasteiger partial charge in [-0.2, -0.15) is 0 Å². The molecule has 6 fully saturated rings. The van der Waals surface area contributed by atoms with Gasteiger partial charge in [0.05, 0.1) is 25.0 Å². The molecule has 22 nitrogen and oxygen atoms in total. The Hall–Kier alpha value is -4.48. The monoisotopic (exact) mass is 1700 g/mol. The smallest absolute Gasteiger partial charge is 0.336 e. The lowest BCUT2D eigenvalue weighted by molar-refractivity contribution is -0.206. The number of hydrogen-bond donors (Lipinski definition) is 4. The Morgan fingerprint density at radius 2 is 0.458 bits per heavy atom. The molecule has 6 aliphatic heterocycles. The Morgan fingerprint density at radius 3 is 0.692 bits per heavy atom. The maximum atomic E-state index is 15.3. The first-order valence-corrected chi connectivity index (χ1v) is 47.5. The average Bonchev–Trinajstić information content (AvgIpc) is 0.741. The van der Waals surface area contributed by atoms with Gasteiger partial charge < -0.3 is 59.2 Å². The summed E-state index contributed by atoms with van der Waals surface area (Å²) in [5.41, 5.74) is -10.2. The lowest BCUT2D eigenvalue weighted by Crippen LogP contribution is -2.64. The highest BCUT2D eigenvalue weighted by atomic mass is 16.6. The van der Waals surface area contributed by atoms with Crippen LogP contribution in [-0.4, -0.2) is 188 Å². The fraction of sp³-hybridized carbons (Fsp3) is 0.918. The minimum atomic E-state index is -2.79.